The van der Waals surface area contributed by atoms with Crippen LogP contribution in [0.1, 0.15) is 18.2 Å². The predicted octanol–water partition coefficient (Wildman–Crippen LogP) is 4.13. The molecule has 12 heteroatoms. The average Bonchev–Trinajstić information content (AvgIpc) is 2.82. The molecule has 1 aromatic heterocycles. The number of aromatic nitrogens is 1. The second-order valence-corrected chi connectivity index (χ2v) is 7.58. The summed E-state index contributed by atoms with van der Waals surface area (Å²) in [5.41, 5.74) is 8.20. The van der Waals surface area contributed by atoms with Gasteiger partial charge in [-0.1, -0.05) is 46.8 Å². The molecule has 33 heavy (non-hydrogen) atoms. The number of methoxy groups -OCH3 is 1. The van der Waals surface area contributed by atoms with Crippen molar-refractivity contribution in [1.29, 1.82) is 10.9 Å². The summed E-state index contributed by atoms with van der Waals surface area (Å²) in [6, 6.07) is 14.0. The van der Waals surface area contributed by atoms with E-state index in [1.165, 1.54) is 18.8 Å². The van der Waals surface area contributed by atoms with Gasteiger partial charge in [-0.05, 0) is 25.3 Å². The van der Waals surface area contributed by atoms with E-state index in [0.29, 0.717) is 17.1 Å². The smallest absolute Gasteiger partial charge is 0.413 e. The monoisotopic (exact) mass is 473 g/mol. The number of amides is 1. The molecule has 0 fully saturated rings. The van der Waals surface area contributed by atoms with Gasteiger partial charge in [0, 0.05) is 19.7 Å². The fourth-order valence-electron chi connectivity index (χ4n) is 2.66. The molecule has 0 aliphatic heterocycles. The van der Waals surface area contributed by atoms with Gasteiger partial charge in [0.15, 0.2) is 18.2 Å². The van der Waals surface area contributed by atoms with Gasteiger partial charge in [-0.3, -0.25) is 10.7 Å². The Labute approximate surface area is 196 Å². The number of ether oxygens (including phenoxy) is 2. The van der Waals surface area contributed by atoms with Crippen LogP contribution in [-0.4, -0.2) is 59.6 Å². The average molecular weight is 474 g/mol. The molecule has 3 N–H and O–H groups in total. The number of carbonyl (C=O) groups excluding carboxylic acids is 1. The molecular formula is C21H27N7O4S. The Morgan fingerprint density at radius 3 is 2.61 bits per heavy atom. The lowest BCUT2D eigenvalue weighted by Gasteiger charge is -2.20. The van der Waals surface area contributed by atoms with Crippen molar-refractivity contribution in [3.8, 4) is 0 Å². The zero-order valence-corrected chi connectivity index (χ0v) is 19.6. The topological polar surface area (TPSA) is 145 Å². The molecule has 2 atom stereocenters. The molecule has 1 heterocycles. The molecule has 2 rings (SSSR count). The first-order valence-corrected chi connectivity index (χ1v) is 11.1. The van der Waals surface area contributed by atoms with E-state index in [-0.39, 0.29) is 23.6 Å². The van der Waals surface area contributed by atoms with Crippen molar-refractivity contribution in [2.75, 3.05) is 25.7 Å². The van der Waals surface area contributed by atoms with E-state index in [0.717, 1.165) is 5.01 Å². The third kappa shape index (κ3) is 7.84. The van der Waals surface area contributed by atoms with Crippen LogP contribution in [0.3, 0.4) is 0 Å². The van der Waals surface area contributed by atoms with Crippen molar-refractivity contribution >= 4 is 35.2 Å². The van der Waals surface area contributed by atoms with Gasteiger partial charge >= 0.3 is 6.09 Å². The highest BCUT2D eigenvalue weighted by molar-refractivity contribution is 7.99. The standard InChI is InChI=1S/C21H27N7O4S/c1-14(20(30-3)33-4)32-21(29)25-17-12-8-11-16(24-17)13-31-26-18(19(22)28(2)27-23)15-9-6-5-7-10-15/h5-12,14,20,22-23H,13H2,1-4H3,(H,24,25,29). The minimum Gasteiger partial charge on any atom is -0.443 e. The molecule has 0 radical (unpaired) electrons. The van der Waals surface area contributed by atoms with Crippen LogP contribution >= 0.6 is 11.8 Å². The van der Waals surface area contributed by atoms with Crippen LogP contribution in [0.4, 0.5) is 10.6 Å². The van der Waals surface area contributed by atoms with E-state index in [9.17, 15) is 4.79 Å². The lowest BCUT2D eigenvalue weighted by molar-refractivity contribution is 0.0382. The van der Waals surface area contributed by atoms with Crippen molar-refractivity contribution in [1.82, 2.24) is 9.99 Å². The summed E-state index contributed by atoms with van der Waals surface area (Å²) in [4.78, 5) is 21.9. The number of hydrogen-bond acceptors (Lipinski definition) is 10. The third-order valence-electron chi connectivity index (χ3n) is 4.29. The van der Waals surface area contributed by atoms with E-state index in [1.54, 1.807) is 56.5 Å². The van der Waals surface area contributed by atoms with Gasteiger partial charge in [0.05, 0.1) is 5.69 Å². The van der Waals surface area contributed by atoms with Crippen LogP contribution in [0.25, 0.3) is 0 Å². The molecular weight excluding hydrogens is 446 g/mol. The SMILES string of the molecule is COC(SC)C(C)OC(=O)Nc1cccc(CON=C(C(=N)N(C)N=N)c2ccccc2)n1. The summed E-state index contributed by atoms with van der Waals surface area (Å²) in [5, 5.41) is 19.2. The quantitative estimate of drug-likeness (QED) is 0.146. The summed E-state index contributed by atoms with van der Waals surface area (Å²) in [6.07, 6.45) is 0.763. The van der Waals surface area contributed by atoms with Gasteiger partial charge in [-0.15, -0.1) is 11.8 Å². The van der Waals surface area contributed by atoms with E-state index < -0.39 is 12.2 Å². The molecule has 0 bridgehead atoms. The number of benzene rings is 1. The maximum Gasteiger partial charge on any atom is 0.413 e. The minimum absolute atomic E-state index is 0.00939. The highest BCUT2D eigenvalue weighted by atomic mass is 32.2. The number of nitrogens with one attached hydrogen (secondary N) is 3. The normalized spacial score (nSPS) is 12.9. The predicted molar refractivity (Wildman–Crippen MR) is 127 cm³/mol. The van der Waals surface area contributed by atoms with E-state index >= 15 is 0 Å². The zero-order chi connectivity index (χ0) is 24.2. The lowest BCUT2D eigenvalue weighted by Crippen LogP contribution is -2.29. The van der Waals surface area contributed by atoms with Crippen molar-refractivity contribution in [2.24, 2.45) is 10.4 Å². The summed E-state index contributed by atoms with van der Waals surface area (Å²) in [7, 11) is 3.02. The van der Waals surface area contributed by atoms with Gasteiger partial charge in [-0.25, -0.2) is 14.8 Å². The molecule has 1 amide bonds. The number of anilines is 1. The van der Waals surface area contributed by atoms with Gasteiger partial charge in [0.1, 0.15) is 17.4 Å². The Bertz CT molecular complexity index is 970. The fourth-order valence-corrected chi connectivity index (χ4v) is 3.29. The van der Waals surface area contributed by atoms with Gasteiger partial charge in [-0.2, -0.15) is 5.53 Å². The van der Waals surface area contributed by atoms with Crippen LogP contribution in [-0.2, 0) is 20.9 Å². The van der Waals surface area contributed by atoms with Gasteiger partial charge in [0.2, 0.25) is 0 Å². The number of carbonyl (C=O) groups is 1. The maximum absolute atomic E-state index is 12.2. The van der Waals surface area contributed by atoms with Crippen molar-refractivity contribution in [3.63, 3.8) is 0 Å². The summed E-state index contributed by atoms with van der Waals surface area (Å²) >= 11 is 1.44. The molecule has 2 unspecified atom stereocenters. The van der Waals surface area contributed by atoms with Crippen molar-refractivity contribution < 1.29 is 19.1 Å². The first-order valence-electron chi connectivity index (χ1n) is 9.84. The van der Waals surface area contributed by atoms with Crippen LogP contribution in [0.2, 0.25) is 0 Å². The molecule has 0 spiro atoms. The van der Waals surface area contributed by atoms with Crippen molar-refractivity contribution in [3.05, 3.63) is 59.8 Å². The zero-order valence-electron chi connectivity index (χ0n) is 18.8. The number of nitrogens with zero attached hydrogens (tertiary/aromatic N) is 4. The minimum atomic E-state index is -0.649. The van der Waals surface area contributed by atoms with Crippen LogP contribution in [0, 0.1) is 10.9 Å². The number of amidine groups is 1. The Morgan fingerprint density at radius 2 is 1.97 bits per heavy atom. The fraction of sp³-hybridized carbons (Fsp3) is 0.333. The van der Waals surface area contributed by atoms with Gasteiger partial charge in [0.25, 0.3) is 0 Å². The molecule has 176 valence electrons. The number of oxime groups is 1. The molecule has 0 aliphatic carbocycles. The van der Waals surface area contributed by atoms with E-state index in [2.05, 4.69) is 20.7 Å². The first-order chi connectivity index (χ1) is 15.9. The summed E-state index contributed by atoms with van der Waals surface area (Å²) < 4.78 is 10.6. The molecule has 0 saturated carbocycles. The molecule has 11 nitrogen and oxygen atoms in total. The van der Waals surface area contributed by atoms with E-state index in [1.807, 2.05) is 12.3 Å². The largest absolute Gasteiger partial charge is 0.443 e. The van der Waals surface area contributed by atoms with Crippen LogP contribution in [0.15, 0.2) is 58.9 Å². The Kier molecular flexibility index (Phi) is 10.2. The Hall–Kier alpha value is -3.51. The summed E-state index contributed by atoms with van der Waals surface area (Å²) in [5.74, 6) is 0.190. The second-order valence-electron chi connectivity index (χ2n) is 6.64. The highest BCUT2D eigenvalue weighted by Gasteiger charge is 2.20. The Morgan fingerprint density at radius 1 is 1.24 bits per heavy atom. The second kappa shape index (κ2) is 13.1. The first kappa shape index (κ1) is 25.7. The number of pyridine rings is 1. The third-order valence-corrected chi connectivity index (χ3v) is 5.33. The molecule has 0 aliphatic rings. The van der Waals surface area contributed by atoms with Crippen LogP contribution < -0.4 is 5.32 Å². The lowest BCUT2D eigenvalue weighted by atomic mass is 10.1. The highest BCUT2D eigenvalue weighted by Crippen LogP contribution is 2.15. The van der Waals surface area contributed by atoms with E-state index in [4.69, 9.17) is 25.3 Å². The number of hydrogen-bond donors (Lipinski definition) is 3. The number of likely N-dealkylation sites (N-methyl/N-ethyl adjacent to an activating group) is 1. The number of thioether (sulfide) groups is 1. The van der Waals surface area contributed by atoms with Crippen LogP contribution in [0.5, 0.6) is 0 Å². The molecule has 1 aromatic carbocycles. The number of rotatable bonds is 11. The molecule has 2 aromatic rings. The van der Waals surface area contributed by atoms with Gasteiger partial charge < -0.3 is 14.3 Å². The van der Waals surface area contributed by atoms with Crippen molar-refractivity contribution in [2.45, 2.75) is 25.1 Å². The Balaban J connectivity index is 2.05. The summed E-state index contributed by atoms with van der Waals surface area (Å²) in [6.45, 7) is 1.73. The maximum atomic E-state index is 12.2. The molecule has 0 saturated heterocycles.